The van der Waals surface area contributed by atoms with Crippen LogP contribution in [0.5, 0.6) is 11.5 Å². The van der Waals surface area contributed by atoms with Gasteiger partial charge < -0.3 is 43.7 Å². The molecular weight excluding hydrogens is 955 g/mol. The Kier molecular flexibility index (Phi) is 14.9. The number of carbonyl (C=O) groups is 3. The van der Waals surface area contributed by atoms with Crippen molar-refractivity contribution in [2.45, 2.75) is 71.3 Å². The van der Waals surface area contributed by atoms with Gasteiger partial charge in [-0.2, -0.15) is 5.26 Å². The summed E-state index contributed by atoms with van der Waals surface area (Å²) in [6.07, 6.45) is 0.923. The lowest BCUT2D eigenvalue weighted by molar-refractivity contribution is -0.131. The van der Waals surface area contributed by atoms with Gasteiger partial charge >= 0.3 is 0 Å². The van der Waals surface area contributed by atoms with E-state index in [-0.39, 0.29) is 42.1 Å². The third-order valence-corrected chi connectivity index (χ3v) is 15.9. The molecule has 10 rings (SSSR count). The average molecular weight is 1020 g/mol. The van der Waals surface area contributed by atoms with Crippen LogP contribution in [0.25, 0.3) is 22.4 Å². The summed E-state index contributed by atoms with van der Waals surface area (Å²) in [6.45, 7) is 10.5. The van der Waals surface area contributed by atoms with E-state index in [1.165, 1.54) is 18.2 Å². The normalized spacial score (nSPS) is 17.3. The molecule has 4 aromatic carbocycles. The highest BCUT2D eigenvalue weighted by molar-refractivity contribution is 6.14. The SMILES string of the molecule is Cc1c(-c2c(C(=O)Nc3ccc(O)cc3)c(C)n(C)c2-c2cc3c(cc2C(=O)N2Cc4ccccc4C[C@H]2CN2CCC(F)CC2)CN(C(=O)Cc2ccc(OCCN4CCOCC4)cc2F)CC3)cc(C#N)n1C. The number of anilines is 1. The minimum Gasteiger partial charge on any atom is -0.508 e. The molecular formula is C59H64F2N8O6. The van der Waals surface area contributed by atoms with Crippen LogP contribution in [0.2, 0.25) is 0 Å². The topological polar surface area (TPSA) is 149 Å². The van der Waals surface area contributed by atoms with Crippen LogP contribution in [0.3, 0.4) is 0 Å². The Morgan fingerprint density at radius 1 is 0.827 bits per heavy atom. The number of phenols is 1. The van der Waals surface area contributed by atoms with Crippen molar-refractivity contribution in [3.8, 4) is 40.0 Å². The number of nitrogens with one attached hydrogen (secondary N) is 1. The van der Waals surface area contributed by atoms with Crippen molar-refractivity contribution in [3.05, 3.63) is 147 Å². The van der Waals surface area contributed by atoms with Gasteiger partial charge in [-0.15, -0.1) is 0 Å². The number of nitriles is 1. The number of halogens is 2. The fourth-order valence-corrected chi connectivity index (χ4v) is 11.3. The third-order valence-electron chi connectivity index (χ3n) is 15.9. The first-order valence-electron chi connectivity index (χ1n) is 26.0. The number of fused-ring (bicyclic) bond motifs is 2. The molecule has 6 heterocycles. The highest BCUT2D eigenvalue weighted by Gasteiger charge is 2.37. The van der Waals surface area contributed by atoms with Crippen LogP contribution in [-0.2, 0) is 56.0 Å². The fraction of sp³-hybridized carbons (Fsp3) is 0.390. The summed E-state index contributed by atoms with van der Waals surface area (Å²) in [4.78, 5) is 53.2. The molecule has 0 saturated carbocycles. The quantitative estimate of drug-likeness (QED) is 0.110. The van der Waals surface area contributed by atoms with Gasteiger partial charge in [0.1, 0.15) is 41.9 Å². The number of hydrogen-bond donors (Lipinski definition) is 2. The number of morpholine rings is 1. The summed E-state index contributed by atoms with van der Waals surface area (Å²) in [7, 11) is 3.68. The summed E-state index contributed by atoms with van der Waals surface area (Å²) >= 11 is 0. The third kappa shape index (κ3) is 10.7. The predicted molar refractivity (Wildman–Crippen MR) is 282 cm³/mol. The summed E-state index contributed by atoms with van der Waals surface area (Å²) in [6, 6.07) is 26.8. The molecule has 1 atom stereocenters. The van der Waals surface area contributed by atoms with Crippen molar-refractivity contribution in [3.63, 3.8) is 0 Å². The van der Waals surface area contributed by atoms with Crippen LogP contribution in [0, 0.1) is 31.0 Å². The van der Waals surface area contributed by atoms with E-state index in [1.807, 2.05) is 54.6 Å². The minimum absolute atomic E-state index is 0.0528. The first-order chi connectivity index (χ1) is 36.2. The van der Waals surface area contributed by atoms with E-state index in [4.69, 9.17) is 9.47 Å². The zero-order valence-electron chi connectivity index (χ0n) is 43.1. The Morgan fingerprint density at radius 2 is 1.57 bits per heavy atom. The van der Waals surface area contributed by atoms with Gasteiger partial charge in [-0.25, -0.2) is 8.78 Å². The van der Waals surface area contributed by atoms with Gasteiger partial charge in [-0.3, -0.25) is 19.3 Å². The molecule has 2 N–H and O–H groups in total. The lowest BCUT2D eigenvalue weighted by Gasteiger charge is -2.41. The second-order valence-electron chi connectivity index (χ2n) is 20.4. The number of aromatic hydroxyl groups is 1. The highest BCUT2D eigenvalue weighted by atomic mass is 19.1. The molecule has 75 heavy (non-hydrogen) atoms. The second-order valence-corrected chi connectivity index (χ2v) is 20.4. The molecule has 2 aromatic heterocycles. The molecule has 0 radical (unpaired) electrons. The van der Waals surface area contributed by atoms with E-state index in [2.05, 4.69) is 33.3 Å². The van der Waals surface area contributed by atoms with E-state index in [9.17, 15) is 24.3 Å². The van der Waals surface area contributed by atoms with Crippen LogP contribution in [0.4, 0.5) is 14.5 Å². The van der Waals surface area contributed by atoms with Crippen molar-refractivity contribution in [1.82, 2.24) is 28.7 Å². The Labute approximate surface area is 436 Å². The van der Waals surface area contributed by atoms with Crippen LogP contribution < -0.4 is 10.1 Å². The number of hydrogen-bond acceptors (Lipinski definition) is 9. The molecule has 0 unspecified atom stereocenters. The van der Waals surface area contributed by atoms with E-state index in [1.54, 1.807) is 46.8 Å². The number of amides is 3. The molecule has 2 fully saturated rings. The van der Waals surface area contributed by atoms with Gasteiger partial charge in [0, 0.05) is 124 Å². The molecule has 4 aliphatic heterocycles. The summed E-state index contributed by atoms with van der Waals surface area (Å²) in [5.74, 6) is -0.960. The first kappa shape index (κ1) is 51.2. The molecule has 390 valence electrons. The monoisotopic (exact) mass is 1020 g/mol. The molecule has 3 amide bonds. The molecule has 0 aliphatic carbocycles. The molecule has 16 heteroatoms. The Balaban J connectivity index is 1.04. The molecule has 0 bridgehead atoms. The number of aromatic nitrogens is 2. The Morgan fingerprint density at radius 3 is 2.29 bits per heavy atom. The van der Waals surface area contributed by atoms with Gasteiger partial charge in [0.05, 0.1) is 30.9 Å². The first-order valence-corrected chi connectivity index (χ1v) is 26.0. The van der Waals surface area contributed by atoms with E-state index >= 15 is 9.18 Å². The number of piperidine rings is 1. The van der Waals surface area contributed by atoms with Crippen molar-refractivity contribution >= 4 is 23.4 Å². The van der Waals surface area contributed by atoms with Gasteiger partial charge in [0.15, 0.2) is 0 Å². The maximum Gasteiger partial charge on any atom is 0.258 e. The largest absolute Gasteiger partial charge is 0.508 e. The molecule has 2 saturated heterocycles. The number of phenolic OH excluding ortho intramolecular Hbond substituents is 1. The van der Waals surface area contributed by atoms with Crippen LogP contribution in [-0.4, -0.2) is 129 Å². The fourth-order valence-electron chi connectivity index (χ4n) is 11.3. The van der Waals surface area contributed by atoms with Gasteiger partial charge in [0.2, 0.25) is 5.91 Å². The number of likely N-dealkylation sites (tertiary alicyclic amines) is 1. The van der Waals surface area contributed by atoms with Crippen molar-refractivity contribution < 1.29 is 37.7 Å². The standard InChI is InChI=1S/C59H64F2N8O6/c1-37-50(31-46(33-62)64(37)3)56-55(58(72)63-45-10-12-48(70)13-11-45)38(2)65(4)57(56)51-28-40-15-20-68(54(71)30-41-9-14-49(32-53(41)61)75-26-23-66-21-24-74-25-22-66)34-43(40)29-52(51)59(73)69-35-42-8-6-5-7-39(42)27-47(69)36-67-18-16-44(60)17-19-67/h5-14,28-29,31-32,44,47,70H,15-27,30,34-36H2,1-4H3,(H,63,72)/t47-/m0/s1. The minimum atomic E-state index is -0.848. The number of alkyl halides is 1. The molecule has 14 nitrogen and oxygen atoms in total. The van der Waals surface area contributed by atoms with Gasteiger partial charge in [-0.05, 0) is 116 Å². The zero-order chi connectivity index (χ0) is 52.5. The van der Waals surface area contributed by atoms with E-state index in [0.29, 0.717) is 141 Å². The maximum atomic E-state index is 16.0. The lowest BCUT2D eigenvalue weighted by atomic mass is 9.87. The second kappa shape index (κ2) is 21.9. The van der Waals surface area contributed by atoms with E-state index in [0.717, 1.165) is 41.0 Å². The van der Waals surface area contributed by atoms with Crippen LogP contribution in [0.15, 0.2) is 84.9 Å². The zero-order valence-corrected chi connectivity index (χ0v) is 43.1. The van der Waals surface area contributed by atoms with Crippen LogP contribution in [0.1, 0.15) is 78.5 Å². The lowest BCUT2D eigenvalue weighted by Crippen LogP contribution is -2.51. The molecule has 0 spiro atoms. The van der Waals surface area contributed by atoms with Gasteiger partial charge in [0.25, 0.3) is 11.8 Å². The smallest absolute Gasteiger partial charge is 0.258 e. The van der Waals surface area contributed by atoms with Crippen LogP contribution >= 0.6 is 0 Å². The number of rotatable bonds is 13. The molecule has 4 aliphatic rings. The summed E-state index contributed by atoms with van der Waals surface area (Å²) < 4.78 is 45.2. The predicted octanol–water partition coefficient (Wildman–Crippen LogP) is 8.12. The number of carbonyl (C=O) groups excluding carboxylic acids is 3. The maximum absolute atomic E-state index is 16.0. The van der Waals surface area contributed by atoms with Gasteiger partial charge in [-0.1, -0.05) is 30.3 Å². The van der Waals surface area contributed by atoms with Crippen molar-refractivity contribution in [2.75, 3.05) is 71.0 Å². The van der Waals surface area contributed by atoms with Crippen molar-refractivity contribution in [1.29, 1.82) is 5.26 Å². The average Bonchev–Trinajstić information content (AvgIpc) is 3.87. The van der Waals surface area contributed by atoms with Crippen molar-refractivity contribution in [2.24, 2.45) is 14.1 Å². The Hall–Kier alpha value is -7.32. The Bertz CT molecular complexity index is 3180. The highest BCUT2D eigenvalue weighted by Crippen LogP contribution is 2.44. The number of nitrogens with zero attached hydrogens (tertiary/aromatic N) is 7. The summed E-state index contributed by atoms with van der Waals surface area (Å²) in [5.41, 5.74) is 9.51. The number of ether oxygens (including phenoxy) is 2. The number of benzene rings is 4. The summed E-state index contributed by atoms with van der Waals surface area (Å²) in [5, 5.41) is 23.4. The van der Waals surface area contributed by atoms with E-state index < -0.39 is 17.9 Å². The molecule has 6 aromatic rings.